The molecule has 0 aliphatic carbocycles. The Hall–Kier alpha value is -1.02. The quantitative estimate of drug-likeness (QED) is 0.818. The highest BCUT2D eigenvalue weighted by Gasteiger charge is 2.17. The van der Waals surface area contributed by atoms with E-state index in [1.807, 2.05) is 7.05 Å². The number of ether oxygens (including phenoxy) is 1. The van der Waals surface area contributed by atoms with Crippen molar-refractivity contribution < 1.29 is 4.74 Å². The van der Waals surface area contributed by atoms with Crippen LogP contribution < -0.4 is 10.1 Å². The molecule has 2 nitrogen and oxygen atoms in total. The third kappa shape index (κ3) is 2.00. The molecule has 0 saturated heterocycles. The average Bonchev–Trinajstić information content (AvgIpc) is 2.65. The molecule has 15 heavy (non-hydrogen) atoms. The number of rotatable bonds is 3. The topological polar surface area (TPSA) is 21.3 Å². The fourth-order valence-corrected chi connectivity index (χ4v) is 2.28. The van der Waals surface area contributed by atoms with Crippen LogP contribution in [0.3, 0.4) is 0 Å². The van der Waals surface area contributed by atoms with Crippen LogP contribution in [0.1, 0.15) is 31.0 Å². The smallest absolute Gasteiger partial charge is 0.122 e. The molecule has 0 aromatic heterocycles. The van der Waals surface area contributed by atoms with Gasteiger partial charge in [0.2, 0.25) is 0 Å². The maximum atomic E-state index is 5.51. The Bertz CT molecular complexity index is 346. The van der Waals surface area contributed by atoms with Crippen LogP contribution in [0.15, 0.2) is 18.2 Å². The number of hydrogen-bond donors (Lipinski definition) is 1. The molecule has 1 N–H and O–H groups in total. The SMILES string of the molecule is CNC(c1ccc2c(c1)CCO2)C(C)C. The first-order valence-electron chi connectivity index (χ1n) is 5.65. The Morgan fingerprint density at radius 2 is 2.13 bits per heavy atom. The molecular weight excluding hydrogens is 186 g/mol. The highest BCUT2D eigenvalue weighted by atomic mass is 16.5. The largest absolute Gasteiger partial charge is 0.493 e. The van der Waals surface area contributed by atoms with E-state index in [2.05, 4.69) is 37.4 Å². The van der Waals surface area contributed by atoms with Gasteiger partial charge in [0.1, 0.15) is 5.75 Å². The van der Waals surface area contributed by atoms with E-state index >= 15 is 0 Å². The molecule has 1 aromatic rings. The maximum Gasteiger partial charge on any atom is 0.122 e. The molecule has 0 radical (unpaired) electrons. The van der Waals surface area contributed by atoms with Gasteiger partial charge >= 0.3 is 0 Å². The van der Waals surface area contributed by atoms with Crippen LogP contribution in [-0.2, 0) is 6.42 Å². The molecule has 1 aliphatic heterocycles. The maximum absolute atomic E-state index is 5.51. The predicted molar refractivity (Wildman–Crippen MR) is 62.3 cm³/mol. The summed E-state index contributed by atoms with van der Waals surface area (Å²) >= 11 is 0. The van der Waals surface area contributed by atoms with Crippen molar-refractivity contribution in [3.05, 3.63) is 29.3 Å². The Labute approximate surface area is 91.6 Å². The van der Waals surface area contributed by atoms with E-state index in [9.17, 15) is 0 Å². The van der Waals surface area contributed by atoms with Crippen molar-refractivity contribution in [2.45, 2.75) is 26.3 Å². The Kier molecular flexibility index (Phi) is 2.96. The second-order valence-corrected chi connectivity index (χ2v) is 4.48. The number of hydrogen-bond acceptors (Lipinski definition) is 2. The minimum atomic E-state index is 0.441. The van der Waals surface area contributed by atoms with Crippen molar-refractivity contribution in [1.29, 1.82) is 0 Å². The zero-order valence-corrected chi connectivity index (χ0v) is 9.71. The third-order valence-corrected chi connectivity index (χ3v) is 3.05. The van der Waals surface area contributed by atoms with E-state index in [4.69, 9.17) is 4.74 Å². The average molecular weight is 205 g/mol. The van der Waals surface area contributed by atoms with E-state index < -0.39 is 0 Å². The minimum Gasteiger partial charge on any atom is -0.493 e. The van der Waals surface area contributed by atoms with E-state index in [-0.39, 0.29) is 0 Å². The van der Waals surface area contributed by atoms with Crippen molar-refractivity contribution >= 4 is 0 Å². The van der Waals surface area contributed by atoms with Crippen LogP contribution in [0.5, 0.6) is 5.75 Å². The number of nitrogens with one attached hydrogen (secondary N) is 1. The Morgan fingerprint density at radius 1 is 1.33 bits per heavy atom. The monoisotopic (exact) mass is 205 g/mol. The van der Waals surface area contributed by atoms with Crippen LogP contribution in [0, 0.1) is 5.92 Å². The second kappa shape index (κ2) is 4.23. The van der Waals surface area contributed by atoms with Crippen molar-refractivity contribution in [3.63, 3.8) is 0 Å². The lowest BCUT2D eigenvalue weighted by molar-refractivity contribution is 0.356. The van der Waals surface area contributed by atoms with Crippen molar-refractivity contribution in [1.82, 2.24) is 5.32 Å². The van der Waals surface area contributed by atoms with Gasteiger partial charge in [-0.1, -0.05) is 26.0 Å². The summed E-state index contributed by atoms with van der Waals surface area (Å²) in [5.41, 5.74) is 2.73. The van der Waals surface area contributed by atoms with Crippen molar-refractivity contribution in [2.75, 3.05) is 13.7 Å². The van der Waals surface area contributed by atoms with Crippen LogP contribution in [0.25, 0.3) is 0 Å². The summed E-state index contributed by atoms with van der Waals surface area (Å²) in [6.45, 7) is 5.32. The molecule has 1 heterocycles. The third-order valence-electron chi connectivity index (χ3n) is 3.05. The first kappa shape index (κ1) is 10.5. The normalized spacial score (nSPS) is 16.3. The second-order valence-electron chi connectivity index (χ2n) is 4.48. The summed E-state index contributed by atoms with van der Waals surface area (Å²) in [6.07, 6.45) is 1.05. The van der Waals surface area contributed by atoms with Crippen molar-refractivity contribution in [3.8, 4) is 5.75 Å². The molecule has 2 heteroatoms. The van der Waals surface area contributed by atoms with Crippen LogP contribution >= 0.6 is 0 Å². The highest BCUT2D eigenvalue weighted by molar-refractivity contribution is 5.40. The van der Waals surface area contributed by atoms with Gasteiger partial charge in [0, 0.05) is 12.5 Å². The molecule has 2 rings (SSSR count). The van der Waals surface area contributed by atoms with Gasteiger partial charge in [0.15, 0.2) is 0 Å². The first-order valence-corrected chi connectivity index (χ1v) is 5.65. The van der Waals surface area contributed by atoms with Gasteiger partial charge in [-0.05, 0) is 30.2 Å². The van der Waals surface area contributed by atoms with Crippen LogP contribution in [0.4, 0.5) is 0 Å². The molecule has 1 aromatic carbocycles. The molecule has 0 amide bonds. The van der Waals surface area contributed by atoms with Gasteiger partial charge in [-0.15, -0.1) is 0 Å². The van der Waals surface area contributed by atoms with E-state index in [0.717, 1.165) is 18.8 Å². The van der Waals surface area contributed by atoms with Crippen LogP contribution in [0.2, 0.25) is 0 Å². The van der Waals surface area contributed by atoms with E-state index in [1.54, 1.807) is 0 Å². The Balaban J connectivity index is 2.28. The summed E-state index contributed by atoms with van der Waals surface area (Å²) in [5, 5.41) is 3.37. The molecule has 1 unspecified atom stereocenters. The van der Waals surface area contributed by atoms with Gasteiger partial charge in [0.05, 0.1) is 6.61 Å². The zero-order chi connectivity index (χ0) is 10.8. The summed E-state index contributed by atoms with van der Waals surface area (Å²) in [7, 11) is 2.02. The Morgan fingerprint density at radius 3 is 2.80 bits per heavy atom. The standard InChI is InChI=1S/C13H19NO/c1-9(2)13(14-3)11-4-5-12-10(8-11)6-7-15-12/h4-5,8-9,13-14H,6-7H2,1-3H3. The first-order chi connectivity index (χ1) is 7.22. The van der Waals surface area contributed by atoms with Gasteiger partial charge in [-0.25, -0.2) is 0 Å². The minimum absolute atomic E-state index is 0.441. The van der Waals surface area contributed by atoms with E-state index in [1.165, 1.54) is 11.1 Å². The lowest BCUT2D eigenvalue weighted by atomic mass is 9.94. The van der Waals surface area contributed by atoms with Crippen molar-refractivity contribution in [2.24, 2.45) is 5.92 Å². The summed E-state index contributed by atoms with van der Waals surface area (Å²) in [4.78, 5) is 0. The molecule has 1 atom stereocenters. The van der Waals surface area contributed by atoms with Crippen LogP contribution in [-0.4, -0.2) is 13.7 Å². The molecule has 1 aliphatic rings. The van der Waals surface area contributed by atoms with Gasteiger partial charge in [-0.3, -0.25) is 0 Å². The molecule has 0 bridgehead atoms. The summed E-state index contributed by atoms with van der Waals surface area (Å²) < 4.78 is 5.51. The highest BCUT2D eigenvalue weighted by Crippen LogP contribution is 2.30. The van der Waals surface area contributed by atoms with Gasteiger partial charge in [0.25, 0.3) is 0 Å². The molecular formula is C13H19NO. The fourth-order valence-electron chi connectivity index (χ4n) is 2.28. The fraction of sp³-hybridized carbons (Fsp3) is 0.538. The molecule has 0 saturated carbocycles. The molecule has 0 spiro atoms. The van der Waals surface area contributed by atoms with E-state index in [0.29, 0.717) is 12.0 Å². The predicted octanol–water partition coefficient (Wildman–Crippen LogP) is 2.54. The zero-order valence-electron chi connectivity index (χ0n) is 9.71. The summed E-state index contributed by atoms with van der Waals surface area (Å²) in [5.74, 6) is 1.67. The van der Waals surface area contributed by atoms with Gasteiger partial charge in [-0.2, -0.15) is 0 Å². The number of benzene rings is 1. The lowest BCUT2D eigenvalue weighted by Crippen LogP contribution is -2.21. The molecule has 0 fully saturated rings. The molecule has 82 valence electrons. The van der Waals surface area contributed by atoms with Gasteiger partial charge < -0.3 is 10.1 Å². The lowest BCUT2D eigenvalue weighted by Gasteiger charge is -2.21. The number of fused-ring (bicyclic) bond motifs is 1. The summed E-state index contributed by atoms with van der Waals surface area (Å²) in [6, 6.07) is 7.00.